The topological polar surface area (TPSA) is 89.7 Å². The average molecular weight is 558 g/mol. The Labute approximate surface area is 231 Å². The number of hydrogen-bond acceptors (Lipinski definition) is 5. The smallest absolute Gasteiger partial charge is 0.416 e. The standard InChI is InChI=1S/C29H34F3N5O3/c1-3-36-11-13-37(14-12-36)19-22-7-10-24(17-25(22)29(30,31)32)35-28(39)34-23-8-5-20(6-9-23)15-21-16-26(40-4-2)27(38)33-18-21/h5-10,16-18H,3-4,11-15,19H2,1-2H3,(H,33,38)(H2,34,35,39). The number of ether oxygens (including phenoxy) is 1. The van der Waals surface area contributed by atoms with Crippen LogP contribution in [0.2, 0.25) is 0 Å². The predicted molar refractivity (Wildman–Crippen MR) is 149 cm³/mol. The van der Waals surface area contributed by atoms with E-state index in [9.17, 15) is 22.8 Å². The molecule has 3 aromatic rings. The van der Waals surface area contributed by atoms with Gasteiger partial charge in [-0.1, -0.05) is 25.1 Å². The SMILES string of the molecule is CCOc1cc(Cc2ccc(NC(=O)Nc3ccc(CN4CCN(CC)CC4)c(C(F)(F)F)c3)cc2)c[nH]c1=O. The van der Waals surface area contributed by atoms with Gasteiger partial charge in [-0.05, 0) is 66.9 Å². The van der Waals surface area contributed by atoms with E-state index >= 15 is 0 Å². The average Bonchev–Trinajstić information content (AvgIpc) is 2.92. The maximum Gasteiger partial charge on any atom is 0.416 e. The largest absolute Gasteiger partial charge is 0.488 e. The summed E-state index contributed by atoms with van der Waals surface area (Å²) < 4.78 is 47.0. The zero-order valence-electron chi connectivity index (χ0n) is 22.6. The summed E-state index contributed by atoms with van der Waals surface area (Å²) in [6.07, 6.45) is -2.39. The number of benzene rings is 2. The molecule has 1 fully saturated rings. The number of halogens is 3. The molecule has 1 saturated heterocycles. The lowest BCUT2D eigenvalue weighted by atomic mass is 10.0. The fraction of sp³-hybridized carbons (Fsp3) is 0.379. The Bertz CT molecular complexity index is 1350. The molecule has 0 unspecified atom stereocenters. The van der Waals surface area contributed by atoms with Crippen LogP contribution in [0.3, 0.4) is 0 Å². The normalized spacial score (nSPS) is 14.6. The number of amides is 2. The zero-order valence-corrected chi connectivity index (χ0v) is 22.6. The van der Waals surface area contributed by atoms with Crippen LogP contribution in [0.5, 0.6) is 5.75 Å². The summed E-state index contributed by atoms with van der Waals surface area (Å²) >= 11 is 0. The first-order chi connectivity index (χ1) is 19.1. The lowest BCUT2D eigenvalue weighted by Crippen LogP contribution is -2.45. The number of nitrogens with one attached hydrogen (secondary N) is 3. The first-order valence-corrected chi connectivity index (χ1v) is 13.3. The first-order valence-electron chi connectivity index (χ1n) is 13.3. The fourth-order valence-electron chi connectivity index (χ4n) is 4.67. The number of nitrogens with zero attached hydrogens (tertiary/aromatic N) is 2. The van der Waals surface area contributed by atoms with Gasteiger partial charge in [0.1, 0.15) is 0 Å². The van der Waals surface area contributed by atoms with Crippen LogP contribution < -0.4 is 20.9 Å². The molecule has 1 aromatic heterocycles. The summed E-state index contributed by atoms with van der Waals surface area (Å²) in [4.78, 5) is 31.3. The molecule has 11 heteroatoms. The lowest BCUT2D eigenvalue weighted by Gasteiger charge is -2.34. The van der Waals surface area contributed by atoms with E-state index in [2.05, 4.69) is 27.4 Å². The summed E-state index contributed by atoms with van der Waals surface area (Å²) in [7, 11) is 0. The number of likely N-dealkylation sites (N-methyl/N-ethyl adjacent to an activating group) is 1. The molecule has 4 rings (SSSR count). The van der Waals surface area contributed by atoms with Crippen LogP contribution in [0.1, 0.15) is 36.1 Å². The number of rotatable bonds is 9. The molecule has 3 N–H and O–H groups in total. The van der Waals surface area contributed by atoms with Crippen LogP contribution in [0.4, 0.5) is 29.3 Å². The van der Waals surface area contributed by atoms with Crippen LogP contribution in [-0.4, -0.2) is 60.1 Å². The molecule has 0 atom stereocenters. The van der Waals surface area contributed by atoms with Gasteiger partial charge >= 0.3 is 12.2 Å². The third kappa shape index (κ3) is 7.86. The minimum atomic E-state index is -4.54. The lowest BCUT2D eigenvalue weighted by molar-refractivity contribution is -0.138. The van der Waals surface area contributed by atoms with Crippen LogP contribution in [0.25, 0.3) is 0 Å². The summed E-state index contributed by atoms with van der Waals surface area (Å²) in [6.45, 7) is 8.49. The molecule has 1 aliphatic heterocycles. The molecule has 214 valence electrons. The van der Waals surface area contributed by atoms with Crippen molar-refractivity contribution in [3.8, 4) is 5.75 Å². The van der Waals surface area contributed by atoms with E-state index in [0.717, 1.165) is 36.8 Å². The summed E-state index contributed by atoms with van der Waals surface area (Å²) in [6, 6.07) is 12.0. The predicted octanol–water partition coefficient (Wildman–Crippen LogP) is 5.16. The zero-order chi connectivity index (χ0) is 28.7. The van der Waals surface area contributed by atoms with Crippen LogP contribution >= 0.6 is 0 Å². The number of pyridine rings is 1. The van der Waals surface area contributed by atoms with Gasteiger partial charge in [-0.3, -0.25) is 9.69 Å². The Balaban J connectivity index is 1.37. The van der Waals surface area contributed by atoms with Crippen molar-refractivity contribution in [2.75, 3.05) is 50.0 Å². The van der Waals surface area contributed by atoms with Crippen molar-refractivity contribution in [2.24, 2.45) is 0 Å². The Morgan fingerprint density at radius 3 is 2.23 bits per heavy atom. The van der Waals surface area contributed by atoms with Crippen LogP contribution in [0, 0.1) is 0 Å². The highest BCUT2D eigenvalue weighted by molar-refractivity contribution is 5.99. The molecular weight excluding hydrogens is 523 g/mol. The Hall–Kier alpha value is -3.83. The van der Waals surface area contributed by atoms with E-state index in [1.54, 1.807) is 31.3 Å². The summed E-state index contributed by atoms with van der Waals surface area (Å²) in [5.41, 5.74) is 1.48. The molecule has 40 heavy (non-hydrogen) atoms. The van der Waals surface area contributed by atoms with Crippen molar-refractivity contribution in [1.82, 2.24) is 14.8 Å². The Kier molecular flexibility index (Phi) is 9.49. The van der Waals surface area contributed by atoms with Crippen LogP contribution in [0.15, 0.2) is 59.5 Å². The van der Waals surface area contributed by atoms with Crippen molar-refractivity contribution in [2.45, 2.75) is 33.0 Å². The highest BCUT2D eigenvalue weighted by atomic mass is 19.4. The Morgan fingerprint density at radius 2 is 1.57 bits per heavy atom. The highest BCUT2D eigenvalue weighted by Crippen LogP contribution is 2.34. The summed E-state index contributed by atoms with van der Waals surface area (Å²) in [5.74, 6) is 0.256. The fourth-order valence-corrected chi connectivity index (χ4v) is 4.67. The molecule has 1 aliphatic rings. The van der Waals surface area contributed by atoms with Gasteiger partial charge in [0.05, 0.1) is 12.2 Å². The van der Waals surface area contributed by atoms with Crippen LogP contribution in [-0.2, 0) is 19.1 Å². The second-order valence-electron chi connectivity index (χ2n) is 9.67. The van der Waals surface area contributed by atoms with Gasteiger partial charge in [0.2, 0.25) is 0 Å². The highest BCUT2D eigenvalue weighted by Gasteiger charge is 2.34. The molecule has 0 radical (unpaired) electrons. The number of aromatic amines is 1. The number of urea groups is 1. The van der Waals surface area contributed by atoms with Gasteiger partial charge in [-0.25, -0.2) is 4.79 Å². The molecule has 0 saturated carbocycles. The molecule has 0 bridgehead atoms. The molecular formula is C29H34F3N5O3. The van der Waals surface area contributed by atoms with Gasteiger partial charge < -0.3 is 25.3 Å². The minimum absolute atomic E-state index is 0.0594. The van der Waals surface area contributed by atoms with E-state index in [-0.39, 0.29) is 29.1 Å². The summed E-state index contributed by atoms with van der Waals surface area (Å²) in [5, 5.41) is 5.16. The maximum atomic E-state index is 13.9. The molecule has 2 aromatic carbocycles. The number of carbonyl (C=O) groups excluding carboxylic acids is 1. The van der Waals surface area contributed by atoms with Crippen molar-refractivity contribution in [1.29, 1.82) is 0 Å². The number of H-pyrrole nitrogens is 1. The molecule has 2 heterocycles. The Morgan fingerprint density at radius 1 is 0.925 bits per heavy atom. The van der Waals surface area contributed by atoms with E-state index in [1.165, 1.54) is 12.1 Å². The van der Waals surface area contributed by atoms with Gasteiger partial charge in [-0.2, -0.15) is 13.2 Å². The van der Waals surface area contributed by atoms with Gasteiger partial charge in [0.25, 0.3) is 5.56 Å². The monoisotopic (exact) mass is 557 g/mol. The maximum absolute atomic E-state index is 13.9. The van der Waals surface area contributed by atoms with Gasteiger partial charge in [-0.15, -0.1) is 0 Å². The van der Waals surface area contributed by atoms with Crippen molar-refractivity contribution >= 4 is 17.4 Å². The molecule has 2 amide bonds. The first kappa shape index (κ1) is 29.2. The number of alkyl halides is 3. The van der Waals surface area contributed by atoms with Gasteiger partial charge in [0.15, 0.2) is 5.75 Å². The van der Waals surface area contributed by atoms with Crippen molar-refractivity contribution in [3.63, 3.8) is 0 Å². The number of aromatic nitrogens is 1. The number of anilines is 2. The molecule has 0 aliphatic carbocycles. The van der Waals surface area contributed by atoms with Crippen molar-refractivity contribution in [3.05, 3.63) is 87.3 Å². The quantitative estimate of drug-likeness (QED) is 0.338. The number of hydrogen-bond donors (Lipinski definition) is 3. The molecule has 0 spiro atoms. The van der Waals surface area contributed by atoms with Gasteiger partial charge in [0, 0.05) is 50.3 Å². The van der Waals surface area contributed by atoms with E-state index in [1.807, 2.05) is 17.0 Å². The third-order valence-electron chi connectivity index (χ3n) is 6.83. The number of piperazine rings is 1. The van der Waals surface area contributed by atoms with E-state index in [4.69, 9.17) is 4.74 Å². The van der Waals surface area contributed by atoms with E-state index < -0.39 is 17.8 Å². The number of carbonyl (C=O) groups is 1. The van der Waals surface area contributed by atoms with Crippen molar-refractivity contribution < 1.29 is 22.7 Å². The second kappa shape index (κ2) is 13.0. The third-order valence-corrected chi connectivity index (χ3v) is 6.83. The van der Waals surface area contributed by atoms with E-state index in [0.29, 0.717) is 31.8 Å². The molecule has 8 nitrogen and oxygen atoms in total. The second-order valence-corrected chi connectivity index (χ2v) is 9.67. The minimum Gasteiger partial charge on any atom is -0.488 e.